The number of aryl methyl sites for hydroxylation is 1. The van der Waals surface area contributed by atoms with Crippen LogP contribution in [0.4, 0.5) is 0 Å². The van der Waals surface area contributed by atoms with Gasteiger partial charge in [-0.1, -0.05) is 36.4 Å². The lowest BCUT2D eigenvalue weighted by molar-refractivity contribution is -0.134. The van der Waals surface area contributed by atoms with Crippen molar-refractivity contribution in [2.75, 3.05) is 13.1 Å². The second-order valence-electron chi connectivity index (χ2n) is 7.24. The van der Waals surface area contributed by atoms with E-state index in [2.05, 4.69) is 20.5 Å². The highest BCUT2D eigenvalue weighted by molar-refractivity contribution is 7.13. The highest BCUT2D eigenvalue weighted by Gasteiger charge is 2.31. The van der Waals surface area contributed by atoms with Gasteiger partial charge in [-0.25, -0.2) is 4.98 Å². The molecule has 0 radical (unpaired) electrons. The fourth-order valence-corrected chi connectivity index (χ4v) is 4.17. The number of benzene rings is 1. The highest BCUT2D eigenvalue weighted by Crippen LogP contribution is 2.25. The Morgan fingerprint density at radius 3 is 2.90 bits per heavy atom. The fourth-order valence-electron chi connectivity index (χ4n) is 3.52. The van der Waals surface area contributed by atoms with Gasteiger partial charge in [0.05, 0.1) is 23.9 Å². The van der Waals surface area contributed by atoms with E-state index in [0.29, 0.717) is 37.0 Å². The van der Waals surface area contributed by atoms with Crippen LogP contribution in [0.15, 0.2) is 52.3 Å². The van der Waals surface area contributed by atoms with E-state index in [9.17, 15) is 9.59 Å². The van der Waals surface area contributed by atoms with Gasteiger partial charge in [-0.3, -0.25) is 14.5 Å². The summed E-state index contributed by atoms with van der Waals surface area (Å²) in [5.74, 6) is 0.951. The molecule has 156 valence electrons. The minimum Gasteiger partial charge on any atom is -0.440 e. The maximum absolute atomic E-state index is 12.6. The molecule has 3 heterocycles. The standard InChI is InChI=1S/C22H24N4O3S/c1-15-17(25-22(29-15)19-8-5-11-30-19)13-24-20(27)12-18-21(28)23-9-10-26(18)14-16-6-3-2-4-7-16/h2-8,11,18H,9-10,12-14H2,1H3,(H,23,28)(H,24,27)/t18-/m0/s1. The molecular formula is C22H24N4O3S. The molecule has 1 aromatic carbocycles. The number of oxazole rings is 1. The van der Waals surface area contributed by atoms with Gasteiger partial charge in [0.25, 0.3) is 0 Å². The second kappa shape index (κ2) is 9.23. The quantitative estimate of drug-likeness (QED) is 0.609. The van der Waals surface area contributed by atoms with Crippen molar-refractivity contribution in [2.24, 2.45) is 0 Å². The summed E-state index contributed by atoms with van der Waals surface area (Å²) < 4.78 is 5.72. The number of aromatic nitrogens is 1. The fraction of sp³-hybridized carbons (Fsp3) is 0.318. The number of hydrogen-bond acceptors (Lipinski definition) is 6. The summed E-state index contributed by atoms with van der Waals surface area (Å²) in [6.45, 7) is 4.05. The average molecular weight is 425 g/mol. The number of carbonyl (C=O) groups excluding carboxylic acids is 2. The van der Waals surface area contributed by atoms with Crippen LogP contribution in [-0.4, -0.2) is 40.8 Å². The van der Waals surface area contributed by atoms with Crippen molar-refractivity contribution in [1.29, 1.82) is 0 Å². The third-order valence-corrected chi connectivity index (χ3v) is 5.98. The maximum Gasteiger partial charge on any atom is 0.237 e. The smallest absolute Gasteiger partial charge is 0.237 e. The molecule has 0 spiro atoms. The number of rotatable bonds is 7. The number of nitrogens with zero attached hydrogens (tertiary/aromatic N) is 2. The van der Waals surface area contributed by atoms with Crippen LogP contribution in [0.5, 0.6) is 0 Å². The first-order valence-electron chi connectivity index (χ1n) is 9.92. The van der Waals surface area contributed by atoms with Crippen LogP contribution >= 0.6 is 11.3 Å². The van der Waals surface area contributed by atoms with E-state index in [0.717, 1.165) is 10.4 Å². The number of amides is 2. The van der Waals surface area contributed by atoms with Gasteiger partial charge in [0.1, 0.15) is 11.5 Å². The van der Waals surface area contributed by atoms with Gasteiger partial charge in [0.2, 0.25) is 17.7 Å². The first kappa shape index (κ1) is 20.3. The van der Waals surface area contributed by atoms with E-state index in [1.807, 2.05) is 54.8 Å². The Morgan fingerprint density at radius 1 is 1.30 bits per heavy atom. The van der Waals surface area contributed by atoms with E-state index >= 15 is 0 Å². The van der Waals surface area contributed by atoms with Gasteiger partial charge in [-0.2, -0.15) is 0 Å². The molecule has 0 bridgehead atoms. The Labute approximate surface area is 179 Å². The van der Waals surface area contributed by atoms with Crippen molar-refractivity contribution >= 4 is 23.2 Å². The number of nitrogens with one attached hydrogen (secondary N) is 2. The Bertz CT molecular complexity index is 1000. The zero-order valence-electron chi connectivity index (χ0n) is 16.8. The van der Waals surface area contributed by atoms with E-state index in [1.54, 1.807) is 11.3 Å². The van der Waals surface area contributed by atoms with Gasteiger partial charge >= 0.3 is 0 Å². The molecule has 0 unspecified atom stereocenters. The SMILES string of the molecule is Cc1oc(-c2cccs2)nc1CNC(=O)C[C@H]1C(=O)NCCN1Cc1ccccc1. The normalized spacial score (nSPS) is 17.0. The lowest BCUT2D eigenvalue weighted by Gasteiger charge is -2.34. The molecule has 4 rings (SSSR count). The molecule has 1 atom stereocenters. The van der Waals surface area contributed by atoms with E-state index in [1.165, 1.54) is 0 Å². The molecule has 8 heteroatoms. The molecule has 1 aliphatic rings. The van der Waals surface area contributed by atoms with Gasteiger partial charge in [0.15, 0.2) is 0 Å². The lowest BCUT2D eigenvalue weighted by Crippen LogP contribution is -2.56. The molecular weight excluding hydrogens is 400 g/mol. The molecule has 1 fully saturated rings. The van der Waals surface area contributed by atoms with Crippen molar-refractivity contribution in [3.8, 4) is 10.8 Å². The van der Waals surface area contributed by atoms with Gasteiger partial charge in [-0.15, -0.1) is 11.3 Å². The first-order chi connectivity index (χ1) is 14.6. The summed E-state index contributed by atoms with van der Waals surface area (Å²) in [5.41, 5.74) is 1.82. The Kier molecular flexibility index (Phi) is 6.25. The largest absolute Gasteiger partial charge is 0.440 e. The molecule has 1 aliphatic heterocycles. The second-order valence-corrected chi connectivity index (χ2v) is 8.19. The van der Waals surface area contributed by atoms with Crippen molar-refractivity contribution in [1.82, 2.24) is 20.5 Å². The molecule has 0 saturated carbocycles. The summed E-state index contributed by atoms with van der Waals surface area (Å²) in [6.07, 6.45) is 0.105. The van der Waals surface area contributed by atoms with Crippen LogP contribution in [0.3, 0.4) is 0 Å². The Hall–Kier alpha value is -2.97. The van der Waals surface area contributed by atoms with Gasteiger partial charge in [-0.05, 0) is 23.9 Å². The molecule has 30 heavy (non-hydrogen) atoms. The third kappa shape index (κ3) is 4.77. The predicted molar refractivity (Wildman–Crippen MR) is 115 cm³/mol. The molecule has 7 nitrogen and oxygen atoms in total. The van der Waals surface area contributed by atoms with Crippen molar-refractivity contribution in [2.45, 2.75) is 32.5 Å². The molecule has 2 aromatic heterocycles. The van der Waals surface area contributed by atoms with Crippen molar-refractivity contribution < 1.29 is 14.0 Å². The van der Waals surface area contributed by atoms with Gasteiger partial charge < -0.3 is 15.1 Å². The molecule has 2 amide bonds. The third-order valence-electron chi connectivity index (χ3n) is 5.13. The number of hydrogen-bond donors (Lipinski definition) is 2. The zero-order valence-corrected chi connectivity index (χ0v) is 17.6. The monoisotopic (exact) mass is 424 g/mol. The first-order valence-corrected chi connectivity index (χ1v) is 10.8. The Balaban J connectivity index is 1.36. The molecule has 3 aromatic rings. The lowest BCUT2D eigenvalue weighted by atomic mass is 10.1. The molecule has 1 saturated heterocycles. The predicted octanol–water partition coefficient (Wildman–Crippen LogP) is 2.72. The number of piperazine rings is 1. The average Bonchev–Trinajstić information content (AvgIpc) is 3.40. The van der Waals surface area contributed by atoms with Crippen LogP contribution in [0.1, 0.15) is 23.4 Å². The van der Waals surface area contributed by atoms with E-state index < -0.39 is 6.04 Å². The molecule has 0 aliphatic carbocycles. The van der Waals surface area contributed by atoms with Crippen LogP contribution < -0.4 is 10.6 Å². The Morgan fingerprint density at radius 2 is 2.13 bits per heavy atom. The molecule has 2 N–H and O–H groups in total. The van der Waals surface area contributed by atoms with Crippen LogP contribution in [0, 0.1) is 6.92 Å². The topological polar surface area (TPSA) is 87.5 Å². The highest BCUT2D eigenvalue weighted by atomic mass is 32.1. The summed E-state index contributed by atoms with van der Waals surface area (Å²) in [4.78, 5) is 32.5. The van der Waals surface area contributed by atoms with Crippen molar-refractivity contribution in [3.05, 3.63) is 64.9 Å². The number of thiophene rings is 1. The van der Waals surface area contributed by atoms with Crippen molar-refractivity contribution in [3.63, 3.8) is 0 Å². The number of carbonyl (C=O) groups is 2. The minimum atomic E-state index is -0.487. The van der Waals surface area contributed by atoms with E-state index in [-0.39, 0.29) is 24.8 Å². The van der Waals surface area contributed by atoms with Crippen LogP contribution in [-0.2, 0) is 22.7 Å². The summed E-state index contributed by atoms with van der Waals surface area (Å²) in [5, 5.41) is 7.72. The van der Waals surface area contributed by atoms with Gasteiger partial charge in [0, 0.05) is 19.6 Å². The van der Waals surface area contributed by atoms with Crippen LogP contribution in [0.25, 0.3) is 10.8 Å². The summed E-state index contributed by atoms with van der Waals surface area (Å²) >= 11 is 1.55. The summed E-state index contributed by atoms with van der Waals surface area (Å²) in [7, 11) is 0. The minimum absolute atomic E-state index is 0.105. The van der Waals surface area contributed by atoms with E-state index in [4.69, 9.17) is 4.42 Å². The summed E-state index contributed by atoms with van der Waals surface area (Å²) in [6, 6.07) is 13.4. The zero-order chi connectivity index (χ0) is 20.9. The van der Waals surface area contributed by atoms with Crippen LogP contribution in [0.2, 0.25) is 0 Å². The maximum atomic E-state index is 12.6.